The van der Waals surface area contributed by atoms with E-state index in [0.717, 1.165) is 0 Å². The number of rotatable bonds is 2. The number of aliphatic imine (C=N–C) groups is 1. The van der Waals surface area contributed by atoms with Crippen LogP contribution in [0.3, 0.4) is 0 Å². The van der Waals surface area contributed by atoms with Gasteiger partial charge in [0.05, 0.1) is 57.9 Å². The number of methoxy groups -OCH3 is 1. The monoisotopic (exact) mass is 529 g/mol. The summed E-state index contributed by atoms with van der Waals surface area (Å²) in [5.41, 5.74) is 11.3. The lowest BCUT2D eigenvalue weighted by molar-refractivity contribution is 0.0600. The molecule has 2 aliphatic rings. The number of sulfone groups is 2. The van der Waals surface area contributed by atoms with Crippen LogP contribution in [0, 0.1) is 22.7 Å². The van der Waals surface area contributed by atoms with E-state index in [1.165, 1.54) is 43.5 Å². The van der Waals surface area contributed by atoms with Crippen LogP contribution in [0.25, 0.3) is 0 Å². The number of guanidine groups is 1. The Morgan fingerprint density at radius 1 is 0.889 bits per heavy atom. The van der Waals surface area contributed by atoms with Gasteiger partial charge in [-0.3, -0.25) is 4.79 Å². The van der Waals surface area contributed by atoms with Crippen LogP contribution >= 0.6 is 0 Å². The fraction of sp³-hybridized carbons (Fsp3) is 0.227. The van der Waals surface area contributed by atoms with Gasteiger partial charge in [-0.1, -0.05) is 12.1 Å². The van der Waals surface area contributed by atoms with E-state index in [-0.39, 0.29) is 32.4 Å². The van der Waals surface area contributed by atoms with Crippen LogP contribution in [0.4, 0.5) is 0 Å². The first-order chi connectivity index (χ1) is 16.8. The number of hydrogen-bond donors (Lipinski definition) is 2. The predicted molar refractivity (Wildman–Crippen MR) is 125 cm³/mol. The largest absolute Gasteiger partial charge is 0.465 e. The number of nitriles is 2. The molecular formula is C22H19N5O7S2. The fourth-order valence-electron chi connectivity index (χ4n) is 3.75. The molecule has 2 aliphatic heterocycles. The molecule has 14 heteroatoms. The standard InChI is InChI=1S/C11H10N4O3S.C11H9NO4S/c12-4-7-5-19(17,18)9-3-6(1-2-8(7)9)10(16)15-11(13)14;1-16-11(13)7-2-3-9-8(5-12)6-17(14,15)10(9)4-7/h1-3,7H,5H2,(H4,13,14,15,16);2-4,8H,6H2,1H3. The molecule has 1 amide bonds. The lowest BCUT2D eigenvalue weighted by Crippen LogP contribution is -2.24. The molecule has 2 heterocycles. The second kappa shape index (κ2) is 9.77. The molecule has 0 radical (unpaired) electrons. The van der Waals surface area contributed by atoms with Crippen molar-refractivity contribution in [3.63, 3.8) is 0 Å². The summed E-state index contributed by atoms with van der Waals surface area (Å²) in [6.45, 7) is 0. The second-order valence-corrected chi connectivity index (χ2v) is 11.8. The van der Waals surface area contributed by atoms with Crippen LogP contribution in [0.5, 0.6) is 0 Å². The van der Waals surface area contributed by atoms with E-state index in [1.54, 1.807) is 0 Å². The summed E-state index contributed by atoms with van der Waals surface area (Å²) >= 11 is 0. The van der Waals surface area contributed by atoms with Crippen molar-refractivity contribution in [2.24, 2.45) is 16.5 Å². The first-order valence-corrected chi connectivity index (χ1v) is 13.4. The van der Waals surface area contributed by atoms with Gasteiger partial charge in [-0.2, -0.15) is 15.5 Å². The van der Waals surface area contributed by atoms with Crippen LogP contribution < -0.4 is 11.5 Å². The minimum absolute atomic E-state index is 0.00399. The topological polar surface area (TPSA) is 224 Å². The Morgan fingerprint density at radius 3 is 1.75 bits per heavy atom. The normalized spacial score (nSPS) is 19.8. The molecule has 0 spiro atoms. The third kappa shape index (κ3) is 5.05. The van der Waals surface area contributed by atoms with Crippen LogP contribution in [0.1, 0.15) is 43.7 Å². The summed E-state index contributed by atoms with van der Waals surface area (Å²) in [6, 6.07) is 12.2. The minimum Gasteiger partial charge on any atom is -0.465 e. The summed E-state index contributed by atoms with van der Waals surface area (Å²) in [6.07, 6.45) is 0. The van der Waals surface area contributed by atoms with E-state index in [4.69, 9.17) is 22.0 Å². The fourth-order valence-corrected chi connectivity index (χ4v) is 7.25. The van der Waals surface area contributed by atoms with Crippen LogP contribution in [0.15, 0.2) is 51.2 Å². The second-order valence-electron chi connectivity index (χ2n) is 7.76. The Morgan fingerprint density at radius 2 is 1.33 bits per heavy atom. The number of nitrogens with zero attached hydrogens (tertiary/aromatic N) is 3. The van der Waals surface area contributed by atoms with Crippen LogP contribution in [-0.2, 0) is 24.4 Å². The van der Waals surface area contributed by atoms with Crippen molar-refractivity contribution in [2.75, 3.05) is 18.6 Å². The molecule has 36 heavy (non-hydrogen) atoms. The number of amides is 1. The van der Waals surface area contributed by atoms with Crippen LogP contribution in [-0.4, -0.2) is 53.3 Å². The number of ether oxygens (including phenoxy) is 1. The number of carbonyl (C=O) groups is 2. The zero-order valence-corrected chi connectivity index (χ0v) is 20.3. The van der Waals surface area contributed by atoms with Gasteiger partial charge in [-0.25, -0.2) is 21.6 Å². The Bertz CT molecular complexity index is 1600. The first kappa shape index (κ1) is 26.3. The molecule has 4 N–H and O–H groups in total. The molecule has 0 aromatic heterocycles. The van der Waals surface area contributed by atoms with Crippen molar-refractivity contribution in [3.05, 3.63) is 58.7 Å². The molecule has 2 aromatic rings. The van der Waals surface area contributed by atoms with Gasteiger partial charge >= 0.3 is 5.97 Å². The average Bonchev–Trinajstić information content (AvgIpc) is 3.26. The zero-order chi connectivity index (χ0) is 26.8. The summed E-state index contributed by atoms with van der Waals surface area (Å²) < 4.78 is 51.8. The maximum absolute atomic E-state index is 11.9. The van der Waals surface area contributed by atoms with Gasteiger partial charge in [-0.05, 0) is 35.4 Å². The quantitative estimate of drug-likeness (QED) is 0.307. The molecule has 2 atom stereocenters. The van der Waals surface area contributed by atoms with Crippen molar-refractivity contribution in [3.8, 4) is 12.1 Å². The lowest BCUT2D eigenvalue weighted by atomic mass is 10.0. The first-order valence-electron chi connectivity index (χ1n) is 10.1. The number of esters is 1. The highest BCUT2D eigenvalue weighted by molar-refractivity contribution is 7.92. The van der Waals surface area contributed by atoms with E-state index < -0.39 is 49.3 Å². The Labute approximate surface area is 206 Å². The van der Waals surface area contributed by atoms with E-state index in [2.05, 4.69) is 9.73 Å². The van der Waals surface area contributed by atoms with E-state index >= 15 is 0 Å². The zero-order valence-electron chi connectivity index (χ0n) is 18.7. The molecule has 0 aliphatic carbocycles. The molecule has 2 aromatic carbocycles. The molecule has 0 saturated carbocycles. The lowest BCUT2D eigenvalue weighted by Gasteiger charge is -2.03. The summed E-state index contributed by atoms with van der Waals surface area (Å²) in [5.74, 6) is -3.55. The summed E-state index contributed by atoms with van der Waals surface area (Å²) in [7, 11) is -5.77. The van der Waals surface area contributed by atoms with Crippen molar-refractivity contribution in [1.29, 1.82) is 10.5 Å². The number of hydrogen-bond acceptors (Lipinski definition) is 9. The summed E-state index contributed by atoms with van der Waals surface area (Å²) in [4.78, 5) is 26.3. The van der Waals surface area contributed by atoms with Gasteiger partial charge < -0.3 is 16.2 Å². The highest BCUT2D eigenvalue weighted by atomic mass is 32.2. The average molecular weight is 530 g/mol. The van der Waals surface area contributed by atoms with E-state index in [1.807, 2.05) is 12.1 Å². The Balaban J connectivity index is 0.000000202. The van der Waals surface area contributed by atoms with Crippen molar-refractivity contribution in [2.45, 2.75) is 21.6 Å². The Kier molecular flexibility index (Phi) is 7.15. The third-order valence-corrected chi connectivity index (χ3v) is 9.02. The van der Waals surface area contributed by atoms with Crippen molar-refractivity contribution >= 4 is 37.5 Å². The van der Waals surface area contributed by atoms with Crippen LogP contribution in [0.2, 0.25) is 0 Å². The van der Waals surface area contributed by atoms with Gasteiger partial charge in [0.1, 0.15) is 0 Å². The van der Waals surface area contributed by atoms with Gasteiger partial charge in [0.25, 0.3) is 5.91 Å². The Hall–Kier alpha value is -4.27. The molecule has 0 saturated heterocycles. The summed E-state index contributed by atoms with van der Waals surface area (Å²) in [5, 5.41) is 17.8. The third-order valence-electron chi connectivity index (χ3n) is 5.43. The molecule has 4 rings (SSSR count). The SMILES string of the molecule is COC(=O)c1ccc2c(c1)S(=O)(=O)CC2C#N.N#CC1CS(=O)(=O)c2cc(C(=O)N=C(N)N)ccc21. The van der Waals surface area contributed by atoms with Gasteiger partial charge in [0.2, 0.25) is 0 Å². The number of carbonyl (C=O) groups excluding carboxylic acids is 2. The van der Waals surface area contributed by atoms with E-state index in [9.17, 15) is 26.4 Å². The highest BCUT2D eigenvalue weighted by Gasteiger charge is 2.36. The van der Waals surface area contributed by atoms with Gasteiger partial charge in [0.15, 0.2) is 25.6 Å². The maximum Gasteiger partial charge on any atom is 0.337 e. The van der Waals surface area contributed by atoms with Crippen molar-refractivity contribution < 1.29 is 31.2 Å². The molecule has 186 valence electrons. The van der Waals surface area contributed by atoms with Gasteiger partial charge in [0, 0.05) is 5.56 Å². The van der Waals surface area contributed by atoms with Crippen molar-refractivity contribution in [1.82, 2.24) is 0 Å². The molecule has 12 nitrogen and oxygen atoms in total. The number of fused-ring (bicyclic) bond motifs is 2. The predicted octanol–water partition coefficient (Wildman–Crippen LogP) is 0.362. The number of nitrogens with two attached hydrogens (primary N) is 2. The van der Waals surface area contributed by atoms with E-state index in [0.29, 0.717) is 11.1 Å². The smallest absolute Gasteiger partial charge is 0.337 e. The highest BCUT2D eigenvalue weighted by Crippen LogP contribution is 2.36. The maximum atomic E-state index is 11.9. The van der Waals surface area contributed by atoms with Gasteiger partial charge in [-0.15, -0.1) is 0 Å². The number of benzene rings is 2. The minimum atomic E-state index is -3.54. The molecule has 2 unspecified atom stereocenters. The molecular weight excluding hydrogens is 510 g/mol. The molecule has 0 bridgehead atoms. The molecule has 0 fully saturated rings.